The molecule has 0 amide bonds. The molecular weight excluding hydrogens is 235 g/mol. The number of Topliss-reactive ketones (excluding diaryl/α,β-unsaturated/α-hetero) is 1. The first-order valence-corrected chi connectivity index (χ1v) is 6.13. The second kappa shape index (κ2) is 7.11. The number of halogens is 1. The minimum absolute atomic E-state index is 0.227. The molecular formula is C14H19FO3. The van der Waals surface area contributed by atoms with Gasteiger partial charge in [0.05, 0.1) is 12.7 Å². The molecule has 1 unspecified atom stereocenters. The van der Waals surface area contributed by atoms with Gasteiger partial charge in [-0.05, 0) is 31.5 Å². The highest BCUT2D eigenvalue weighted by Crippen LogP contribution is 2.23. The third-order valence-electron chi connectivity index (χ3n) is 2.64. The molecule has 4 heteroatoms. The van der Waals surface area contributed by atoms with E-state index >= 15 is 0 Å². The molecule has 0 spiro atoms. The molecule has 1 aromatic carbocycles. The Labute approximate surface area is 107 Å². The molecule has 0 N–H and O–H groups in total. The largest absolute Gasteiger partial charge is 0.496 e. The Kier molecular flexibility index (Phi) is 5.78. The van der Waals surface area contributed by atoms with Gasteiger partial charge in [0.25, 0.3) is 0 Å². The number of ether oxygens (including phenoxy) is 2. The van der Waals surface area contributed by atoms with Gasteiger partial charge in [0, 0.05) is 6.61 Å². The van der Waals surface area contributed by atoms with E-state index in [0.29, 0.717) is 18.8 Å². The van der Waals surface area contributed by atoms with E-state index in [4.69, 9.17) is 9.47 Å². The summed E-state index contributed by atoms with van der Waals surface area (Å²) in [5.74, 6) is -0.303. The Morgan fingerprint density at radius 1 is 1.39 bits per heavy atom. The van der Waals surface area contributed by atoms with Crippen molar-refractivity contribution in [1.82, 2.24) is 0 Å². The van der Waals surface area contributed by atoms with E-state index in [1.807, 2.05) is 13.8 Å². The first-order valence-electron chi connectivity index (χ1n) is 6.13. The summed E-state index contributed by atoms with van der Waals surface area (Å²) in [7, 11) is 1.46. The Morgan fingerprint density at radius 3 is 2.67 bits per heavy atom. The lowest BCUT2D eigenvalue weighted by Gasteiger charge is -2.16. The molecule has 0 fully saturated rings. The summed E-state index contributed by atoms with van der Waals surface area (Å²) >= 11 is 0. The number of carbonyl (C=O) groups is 1. The molecule has 1 atom stereocenters. The molecule has 100 valence electrons. The van der Waals surface area contributed by atoms with Crippen LogP contribution in [-0.4, -0.2) is 25.6 Å². The van der Waals surface area contributed by atoms with Gasteiger partial charge >= 0.3 is 0 Å². The summed E-state index contributed by atoms with van der Waals surface area (Å²) in [5.41, 5.74) is 0.240. The third-order valence-corrected chi connectivity index (χ3v) is 2.64. The van der Waals surface area contributed by atoms with Crippen LogP contribution < -0.4 is 4.74 Å². The molecule has 0 aliphatic carbocycles. The number of methoxy groups -OCH3 is 1. The van der Waals surface area contributed by atoms with Gasteiger partial charge in [-0.15, -0.1) is 0 Å². The van der Waals surface area contributed by atoms with Crippen molar-refractivity contribution in [1.29, 1.82) is 0 Å². The van der Waals surface area contributed by atoms with Crippen LogP contribution in [0, 0.1) is 5.82 Å². The summed E-state index contributed by atoms with van der Waals surface area (Å²) < 4.78 is 23.7. The maximum absolute atomic E-state index is 13.2. The summed E-state index contributed by atoms with van der Waals surface area (Å²) in [5, 5.41) is 0. The molecule has 0 heterocycles. The van der Waals surface area contributed by atoms with E-state index in [9.17, 15) is 9.18 Å². The minimum Gasteiger partial charge on any atom is -0.496 e. The number of benzene rings is 1. The molecule has 0 radical (unpaired) electrons. The lowest BCUT2D eigenvalue weighted by atomic mass is 10.0. The van der Waals surface area contributed by atoms with Crippen LogP contribution >= 0.6 is 0 Å². The monoisotopic (exact) mass is 254 g/mol. The Hall–Kier alpha value is -1.42. The van der Waals surface area contributed by atoms with E-state index in [1.165, 1.54) is 25.3 Å². The van der Waals surface area contributed by atoms with Crippen molar-refractivity contribution in [3.8, 4) is 5.75 Å². The average Bonchev–Trinajstić information content (AvgIpc) is 2.37. The van der Waals surface area contributed by atoms with Gasteiger partial charge in [-0.2, -0.15) is 0 Å². The fourth-order valence-corrected chi connectivity index (χ4v) is 1.80. The van der Waals surface area contributed by atoms with Crippen molar-refractivity contribution in [3.05, 3.63) is 29.6 Å². The van der Waals surface area contributed by atoms with Crippen LogP contribution in [0.3, 0.4) is 0 Å². The van der Waals surface area contributed by atoms with Crippen molar-refractivity contribution < 1.29 is 18.7 Å². The van der Waals surface area contributed by atoms with Crippen LogP contribution in [0.2, 0.25) is 0 Å². The number of carbonyl (C=O) groups excluding carboxylic acids is 1. The number of hydrogen-bond donors (Lipinski definition) is 0. The molecule has 0 saturated heterocycles. The molecule has 1 aromatic rings. The van der Waals surface area contributed by atoms with Crippen molar-refractivity contribution >= 4 is 5.78 Å². The van der Waals surface area contributed by atoms with Crippen LogP contribution in [0.25, 0.3) is 0 Å². The van der Waals surface area contributed by atoms with Gasteiger partial charge < -0.3 is 9.47 Å². The SMILES string of the molecule is CCCC(OCC)C(=O)c1cc(F)ccc1OC. The summed E-state index contributed by atoms with van der Waals surface area (Å²) in [6.07, 6.45) is 0.913. The van der Waals surface area contributed by atoms with Gasteiger partial charge in [0.15, 0.2) is 5.78 Å². The van der Waals surface area contributed by atoms with Crippen molar-refractivity contribution in [2.24, 2.45) is 0 Å². The van der Waals surface area contributed by atoms with E-state index in [-0.39, 0.29) is 11.3 Å². The molecule has 0 bridgehead atoms. The standard InChI is InChI=1S/C14H19FO3/c1-4-6-13(18-5-2)14(16)11-9-10(15)7-8-12(11)17-3/h7-9,13H,4-6H2,1-3H3. The Morgan fingerprint density at radius 2 is 2.11 bits per heavy atom. The Bertz CT molecular complexity index is 398. The Balaban J connectivity index is 3.02. The van der Waals surface area contributed by atoms with Crippen molar-refractivity contribution in [2.45, 2.75) is 32.8 Å². The van der Waals surface area contributed by atoms with Gasteiger partial charge in [-0.25, -0.2) is 4.39 Å². The molecule has 0 saturated carbocycles. The summed E-state index contributed by atoms with van der Waals surface area (Å²) in [6, 6.07) is 3.92. The lowest BCUT2D eigenvalue weighted by molar-refractivity contribution is 0.0420. The van der Waals surface area contributed by atoms with Crippen molar-refractivity contribution in [3.63, 3.8) is 0 Å². The zero-order chi connectivity index (χ0) is 13.5. The molecule has 0 aliphatic heterocycles. The van der Waals surface area contributed by atoms with Gasteiger partial charge in [0.1, 0.15) is 17.7 Å². The number of hydrogen-bond acceptors (Lipinski definition) is 3. The minimum atomic E-state index is -0.532. The van der Waals surface area contributed by atoms with E-state index < -0.39 is 11.9 Å². The fourth-order valence-electron chi connectivity index (χ4n) is 1.80. The number of rotatable bonds is 7. The first-order chi connectivity index (χ1) is 8.63. The zero-order valence-electron chi connectivity index (χ0n) is 11.0. The molecule has 3 nitrogen and oxygen atoms in total. The third kappa shape index (κ3) is 3.53. The first kappa shape index (κ1) is 14.6. The van der Waals surface area contributed by atoms with E-state index in [0.717, 1.165) is 6.42 Å². The van der Waals surface area contributed by atoms with Crippen molar-refractivity contribution in [2.75, 3.05) is 13.7 Å². The molecule has 1 rings (SSSR count). The maximum Gasteiger partial charge on any atom is 0.195 e. The highest BCUT2D eigenvalue weighted by molar-refractivity contribution is 6.01. The predicted octanol–water partition coefficient (Wildman–Crippen LogP) is 3.22. The quantitative estimate of drug-likeness (QED) is 0.701. The van der Waals surface area contributed by atoms with E-state index in [2.05, 4.69) is 0 Å². The number of ketones is 1. The van der Waals surface area contributed by atoms with Gasteiger partial charge in [-0.3, -0.25) is 4.79 Å². The maximum atomic E-state index is 13.2. The van der Waals surface area contributed by atoms with E-state index in [1.54, 1.807) is 0 Å². The second-order valence-corrected chi connectivity index (χ2v) is 3.94. The fraction of sp³-hybridized carbons (Fsp3) is 0.500. The second-order valence-electron chi connectivity index (χ2n) is 3.94. The highest BCUT2D eigenvalue weighted by atomic mass is 19.1. The summed E-state index contributed by atoms with van der Waals surface area (Å²) in [4.78, 5) is 12.3. The van der Waals surface area contributed by atoms with Crippen LogP contribution in [0.15, 0.2) is 18.2 Å². The van der Waals surface area contributed by atoms with Crippen LogP contribution in [0.1, 0.15) is 37.0 Å². The molecule has 18 heavy (non-hydrogen) atoms. The lowest BCUT2D eigenvalue weighted by Crippen LogP contribution is -2.25. The van der Waals surface area contributed by atoms with Crippen LogP contribution in [-0.2, 0) is 4.74 Å². The average molecular weight is 254 g/mol. The summed E-state index contributed by atoms with van der Waals surface area (Å²) in [6.45, 7) is 4.26. The highest BCUT2D eigenvalue weighted by Gasteiger charge is 2.23. The topological polar surface area (TPSA) is 35.5 Å². The van der Waals surface area contributed by atoms with Crippen LogP contribution in [0.4, 0.5) is 4.39 Å². The molecule has 0 aliphatic rings. The smallest absolute Gasteiger partial charge is 0.195 e. The normalized spacial score (nSPS) is 12.2. The predicted molar refractivity (Wildman–Crippen MR) is 67.6 cm³/mol. The molecule has 0 aromatic heterocycles. The van der Waals surface area contributed by atoms with Gasteiger partial charge in [-0.1, -0.05) is 13.3 Å². The van der Waals surface area contributed by atoms with Gasteiger partial charge in [0.2, 0.25) is 0 Å². The zero-order valence-corrected chi connectivity index (χ0v) is 11.0. The van der Waals surface area contributed by atoms with Crippen LogP contribution in [0.5, 0.6) is 5.75 Å².